The van der Waals surface area contributed by atoms with Crippen molar-refractivity contribution in [2.45, 2.75) is 6.54 Å². The van der Waals surface area contributed by atoms with Crippen LogP contribution in [0.15, 0.2) is 30.5 Å². The highest BCUT2D eigenvalue weighted by atomic mass is 16.5. The van der Waals surface area contributed by atoms with Gasteiger partial charge < -0.3 is 15.0 Å². The number of morpholine rings is 1. The Kier molecular flexibility index (Phi) is 4.13. The molecule has 0 unspecified atom stereocenters. The van der Waals surface area contributed by atoms with Gasteiger partial charge in [0, 0.05) is 44.4 Å². The summed E-state index contributed by atoms with van der Waals surface area (Å²) in [5.41, 5.74) is 2.55. The number of aromatic nitrogens is 1. The zero-order valence-electron chi connectivity index (χ0n) is 11.2. The first-order chi connectivity index (χ1) is 9.42. The maximum atomic E-state index is 5.34. The molecule has 3 rings (SSSR count). The van der Waals surface area contributed by atoms with Gasteiger partial charge in [-0.1, -0.05) is 12.1 Å². The fourth-order valence-corrected chi connectivity index (χ4v) is 2.50. The Morgan fingerprint density at radius 3 is 3.00 bits per heavy atom. The van der Waals surface area contributed by atoms with Crippen molar-refractivity contribution in [3.63, 3.8) is 0 Å². The second-order valence-electron chi connectivity index (χ2n) is 5.03. The smallest absolute Gasteiger partial charge is 0.0594 e. The second kappa shape index (κ2) is 6.19. The van der Waals surface area contributed by atoms with Crippen molar-refractivity contribution in [1.29, 1.82) is 0 Å². The minimum Gasteiger partial charge on any atom is -0.379 e. The third-order valence-corrected chi connectivity index (χ3v) is 3.66. The van der Waals surface area contributed by atoms with Crippen LogP contribution < -0.4 is 5.32 Å². The summed E-state index contributed by atoms with van der Waals surface area (Å²) in [4.78, 5) is 5.70. The van der Waals surface area contributed by atoms with Gasteiger partial charge in [0.15, 0.2) is 0 Å². The van der Waals surface area contributed by atoms with E-state index in [2.05, 4.69) is 39.5 Å². The molecular weight excluding hydrogens is 238 g/mol. The van der Waals surface area contributed by atoms with E-state index in [0.29, 0.717) is 0 Å². The lowest BCUT2D eigenvalue weighted by molar-refractivity contribution is 0.0384. The van der Waals surface area contributed by atoms with E-state index in [4.69, 9.17) is 4.74 Å². The molecule has 1 aliphatic rings. The third kappa shape index (κ3) is 3.35. The Balaban J connectivity index is 1.43. The molecule has 0 aliphatic carbocycles. The molecule has 1 aromatic carbocycles. The summed E-state index contributed by atoms with van der Waals surface area (Å²) in [6.45, 7) is 6.95. The molecule has 4 heteroatoms. The molecule has 19 heavy (non-hydrogen) atoms. The summed E-state index contributed by atoms with van der Waals surface area (Å²) in [7, 11) is 0. The largest absolute Gasteiger partial charge is 0.379 e. The van der Waals surface area contributed by atoms with Gasteiger partial charge in [-0.3, -0.25) is 4.90 Å². The highest BCUT2D eigenvalue weighted by Crippen LogP contribution is 2.13. The van der Waals surface area contributed by atoms with Gasteiger partial charge in [-0.05, 0) is 23.1 Å². The summed E-state index contributed by atoms with van der Waals surface area (Å²) >= 11 is 0. The number of nitrogens with one attached hydrogen (secondary N) is 2. The molecule has 0 amide bonds. The number of fused-ring (bicyclic) bond motifs is 1. The average Bonchev–Trinajstić information content (AvgIpc) is 2.92. The lowest BCUT2D eigenvalue weighted by Gasteiger charge is -2.26. The molecular formula is C15H21N3O. The maximum Gasteiger partial charge on any atom is 0.0594 e. The first kappa shape index (κ1) is 12.7. The zero-order valence-corrected chi connectivity index (χ0v) is 11.2. The predicted octanol–water partition coefficient (Wildman–Crippen LogP) is 1.59. The van der Waals surface area contributed by atoms with Crippen LogP contribution in [0.2, 0.25) is 0 Å². The van der Waals surface area contributed by atoms with Crippen molar-refractivity contribution in [3.8, 4) is 0 Å². The van der Waals surface area contributed by atoms with Gasteiger partial charge in [0.05, 0.1) is 13.2 Å². The number of benzene rings is 1. The van der Waals surface area contributed by atoms with E-state index in [1.165, 1.54) is 16.5 Å². The summed E-state index contributed by atoms with van der Waals surface area (Å²) in [6.07, 6.45) is 1.99. The Morgan fingerprint density at radius 2 is 2.11 bits per heavy atom. The van der Waals surface area contributed by atoms with E-state index in [0.717, 1.165) is 45.9 Å². The number of hydrogen-bond acceptors (Lipinski definition) is 3. The van der Waals surface area contributed by atoms with Crippen LogP contribution in [0.4, 0.5) is 0 Å². The molecule has 2 heterocycles. The van der Waals surface area contributed by atoms with Gasteiger partial charge in [-0.15, -0.1) is 0 Å². The van der Waals surface area contributed by atoms with Crippen LogP contribution in [0.25, 0.3) is 10.9 Å². The predicted molar refractivity (Wildman–Crippen MR) is 77.3 cm³/mol. The molecule has 2 N–H and O–H groups in total. The quantitative estimate of drug-likeness (QED) is 0.801. The van der Waals surface area contributed by atoms with Crippen molar-refractivity contribution in [2.24, 2.45) is 0 Å². The number of ether oxygens (including phenoxy) is 1. The molecule has 102 valence electrons. The molecule has 1 aliphatic heterocycles. The van der Waals surface area contributed by atoms with Gasteiger partial charge in [0.25, 0.3) is 0 Å². The van der Waals surface area contributed by atoms with E-state index in [1.54, 1.807) is 0 Å². The first-order valence-electron chi connectivity index (χ1n) is 6.99. The van der Waals surface area contributed by atoms with Crippen LogP contribution in [0.1, 0.15) is 5.56 Å². The van der Waals surface area contributed by atoms with Gasteiger partial charge in [-0.2, -0.15) is 0 Å². The molecule has 0 radical (unpaired) electrons. The molecule has 2 aromatic rings. The van der Waals surface area contributed by atoms with Crippen molar-refractivity contribution in [1.82, 2.24) is 15.2 Å². The van der Waals surface area contributed by atoms with E-state index in [1.807, 2.05) is 6.20 Å². The second-order valence-corrected chi connectivity index (χ2v) is 5.03. The lowest BCUT2D eigenvalue weighted by atomic mass is 10.1. The van der Waals surface area contributed by atoms with Crippen LogP contribution in [-0.2, 0) is 11.3 Å². The molecule has 1 fully saturated rings. The molecule has 1 aromatic heterocycles. The van der Waals surface area contributed by atoms with Crippen LogP contribution in [-0.4, -0.2) is 49.3 Å². The molecule has 0 bridgehead atoms. The maximum absolute atomic E-state index is 5.34. The summed E-state index contributed by atoms with van der Waals surface area (Å²) in [5, 5.41) is 4.78. The number of aromatic amines is 1. The van der Waals surface area contributed by atoms with Gasteiger partial charge in [0.1, 0.15) is 0 Å². The normalized spacial score (nSPS) is 17.1. The van der Waals surface area contributed by atoms with Crippen molar-refractivity contribution < 1.29 is 4.74 Å². The van der Waals surface area contributed by atoms with Crippen molar-refractivity contribution in [2.75, 3.05) is 39.4 Å². The Hall–Kier alpha value is -1.36. The van der Waals surface area contributed by atoms with Gasteiger partial charge in [-0.25, -0.2) is 0 Å². The van der Waals surface area contributed by atoms with E-state index in [9.17, 15) is 0 Å². The zero-order chi connectivity index (χ0) is 12.9. The summed E-state index contributed by atoms with van der Waals surface area (Å²) in [6, 6.07) is 8.69. The highest BCUT2D eigenvalue weighted by molar-refractivity contribution is 5.79. The van der Waals surface area contributed by atoms with Crippen LogP contribution in [0, 0.1) is 0 Å². The highest BCUT2D eigenvalue weighted by Gasteiger charge is 2.08. The third-order valence-electron chi connectivity index (χ3n) is 3.66. The van der Waals surface area contributed by atoms with E-state index in [-0.39, 0.29) is 0 Å². The van der Waals surface area contributed by atoms with Crippen molar-refractivity contribution in [3.05, 3.63) is 36.0 Å². The minimum atomic E-state index is 0.878. The monoisotopic (exact) mass is 259 g/mol. The molecule has 0 atom stereocenters. The minimum absolute atomic E-state index is 0.878. The average molecular weight is 259 g/mol. The fourth-order valence-electron chi connectivity index (χ4n) is 2.50. The van der Waals surface area contributed by atoms with Crippen LogP contribution >= 0.6 is 0 Å². The summed E-state index contributed by atoms with van der Waals surface area (Å²) < 4.78 is 5.34. The number of H-pyrrole nitrogens is 1. The molecule has 0 spiro atoms. The molecule has 1 saturated heterocycles. The Labute approximate surface area is 113 Å². The lowest BCUT2D eigenvalue weighted by Crippen LogP contribution is -2.40. The molecule has 4 nitrogen and oxygen atoms in total. The SMILES string of the molecule is c1cc2ccc(CNCCN3CCOCC3)cc2[nH]1. The summed E-state index contributed by atoms with van der Waals surface area (Å²) in [5.74, 6) is 0. The topological polar surface area (TPSA) is 40.3 Å². The van der Waals surface area contributed by atoms with Gasteiger partial charge >= 0.3 is 0 Å². The van der Waals surface area contributed by atoms with Crippen molar-refractivity contribution >= 4 is 10.9 Å². The number of rotatable bonds is 5. The van der Waals surface area contributed by atoms with E-state index < -0.39 is 0 Å². The van der Waals surface area contributed by atoms with Crippen LogP contribution in [0.5, 0.6) is 0 Å². The van der Waals surface area contributed by atoms with Crippen LogP contribution in [0.3, 0.4) is 0 Å². The first-order valence-corrected chi connectivity index (χ1v) is 6.99. The Morgan fingerprint density at radius 1 is 1.21 bits per heavy atom. The number of hydrogen-bond donors (Lipinski definition) is 2. The molecule has 0 saturated carbocycles. The Bertz CT molecular complexity index is 517. The van der Waals surface area contributed by atoms with E-state index >= 15 is 0 Å². The number of nitrogens with zero attached hydrogens (tertiary/aromatic N) is 1. The standard InChI is InChI=1S/C15H21N3O/c1-2-14-3-4-17-15(14)11-13(1)12-16-5-6-18-7-9-19-10-8-18/h1-4,11,16-17H,5-10,12H2. The van der Waals surface area contributed by atoms with Gasteiger partial charge in [0.2, 0.25) is 0 Å². The fraction of sp³-hybridized carbons (Fsp3) is 0.467.